The van der Waals surface area contributed by atoms with Gasteiger partial charge in [-0.3, -0.25) is 4.57 Å². The van der Waals surface area contributed by atoms with Gasteiger partial charge in [-0.15, -0.1) is 0 Å². The second-order valence-electron chi connectivity index (χ2n) is 3.38. The zero-order valence-electron chi connectivity index (χ0n) is 9.71. The van der Waals surface area contributed by atoms with E-state index in [9.17, 15) is 0 Å². The van der Waals surface area contributed by atoms with Crippen LogP contribution >= 0.6 is 0 Å². The van der Waals surface area contributed by atoms with Crippen molar-refractivity contribution in [1.82, 2.24) is 19.5 Å². The molecule has 0 aromatic carbocycles. The van der Waals surface area contributed by atoms with Crippen LogP contribution in [0.25, 0.3) is 5.95 Å². The molecule has 2 heterocycles. The van der Waals surface area contributed by atoms with Gasteiger partial charge in [0, 0.05) is 31.1 Å². The molecule has 0 saturated heterocycles. The van der Waals surface area contributed by atoms with E-state index >= 15 is 0 Å². The van der Waals surface area contributed by atoms with Crippen LogP contribution < -0.4 is 10.5 Å². The normalized spacial score (nSPS) is 10.5. The summed E-state index contributed by atoms with van der Waals surface area (Å²) in [7, 11) is 0. The Kier molecular flexibility index (Phi) is 3.66. The molecular weight excluding hydrogens is 218 g/mol. The number of hydrogen-bond acceptors (Lipinski definition) is 5. The highest BCUT2D eigenvalue weighted by molar-refractivity contribution is 5.20. The smallest absolute Gasteiger partial charge is 0.238 e. The van der Waals surface area contributed by atoms with Crippen LogP contribution in [0.5, 0.6) is 5.88 Å². The first kappa shape index (κ1) is 11.5. The summed E-state index contributed by atoms with van der Waals surface area (Å²) in [6, 6.07) is 1.73. The highest BCUT2D eigenvalue weighted by atomic mass is 16.5. The molecule has 0 saturated carbocycles. The number of imidazole rings is 1. The molecule has 6 heteroatoms. The van der Waals surface area contributed by atoms with Gasteiger partial charge in [-0.25, -0.2) is 9.97 Å². The second-order valence-corrected chi connectivity index (χ2v) is 3.38. The minimum absolute atomic E-state index is 0.544. The molecular formula is C11H15N5O. The topological polar surface area (TPSA) is 78.8 Å². The molecule has 2 aromatic heterocycles. The third kappa shape index (κ3) is 2.59. The molecule has 0 bridgehead atoms. The molecule has 2 aromatic rings. The summed E-state index contributed by atoms with van der Waals surface area (Å²) in [4.78, 5) is 12.7. The van der Waals surface area contributed by atoms with Gasteiger partial charge in [0.25, 0.3) is 0 Å². The van der Waals surface area contributed by atoms with Crippen LogP contribution in [0.1, 0.15) is 12.7 Å². The summed E-state index contributed by atoms with van der Waals surface area (Å²) < 4.78 is 7.15. The lowest BCUT2D eigenvalue weighted by Gasteiger charge is -2.07. The van der Waals surface area contributed by atoms with Gasteiger partial charge in [-0.2, -0.15) is 4.98 Å². The number of hydrogen-bond donors (Lipinski definition) is 1. The van der Waals surface area contributed by atoms with Crippen molar-refractivity contribution in [3.05, 3.63) is 30.5 Å². The molecule has 0 amide bonds. The Labute approximate surface area is 99.5 Å². The van der Waals surface area contributed by atoms with E-state index in [-0.39, 0.29) is 0 Å². The van der Waals surface area contributed by atoms with Gasteiger partial charge in [0.15, 0.2) is 0 Å². The predicted molar refractivity (Wildman–Crippen MR) is 63.1 cm³/mol. The van der Waals surface area contributed by atoms with Gasteiger partial charge in [-0.1, -0.05) is 0 Å². The fourth-order valence-electron chi connectivity index (χ4n) is 1.51. The van der Waals surface area contributed by atoms with Gasteiger partial charge in [-0.05, 0) is 13.5 Å². The van der Waals surface area contributed by atoms with E-state index in [1.54, 1.807) is 18.5 Å². The van der Waals surface area contributed by atoms with Gasteiger partial charge in [0.05, 0.1) is 6.61 Å². The van der Waals surface area contributed by atoms with Crippen LogP contribution in [0, 0.1) is 0 Å². The van der Waals surface area contributed by atoms with E-state index in [1.807, 2.05) is 17.7 Å². The fraction of sp³-hybridized carbons (Fsp3) is 0.364. The molecule has 0 aliphatic rings. The Balaban J connectivity index is 2.31. The maximum absolute atomic E-state index is 5.53. The molecule has 90 valence electrons. The van der Waals surface area contributed by atoms with Crippen LogP contribution in [0.2, 0.25) is 0 Å². The Morgan fingerprint density at radius 1 is 1.35 bits per heavy atom. The molecule has 17 heavy (non-hydrogen) atoms. The largest absolute Gasteiger partial charge is 0.478 e. The maximum atomic E-state index is 5.53. The lowest BCUT2D eigenvalue weighted by Crippen LogP contribution is -2.11. The Morgan fingerprint density at radius 2 is 2.24 bits per heavy atom. The van der Waals surface area contributed by atoms with Gasteiger partial charge >= 0.3 is 0 Å². The van der Waals surface area contributed by atoms with Gasteiger partial charge < -0.3 is 10.5 Å². The first-order valence-corrected chi connectivity index (χ1v) is 5.53. The van der Waals surface area contributed by atoms with E-state index in [2.05, 4.69) is 15.0 Å². The minimum Gasteiger partial charge on any atom is -0.478 e. The average Bonchev–Trinajstić information content (AvgIpc) is 2.79. The van der Waals surface area contributed by atoms with Crippen molar-refractivity contribution >= 4 is 0 Å². The van der Waals surface area contributed by atoms with Crippen LogP contribution in [0.3, 0.4) is 0 Å². The predicted octanol–water partition coefficient (Wildman–Crippen LogP) is 0.562. The van der Waals surface area contributed by atoms with Crippen molar-refractivity contribution in [2.75, 3.05) is 13.2 Å². The van der Waals surface area contributed by atoms with E-state index in [0.717, 1.165) is 5.82 Å². The summed E-state index contributed by atoms with van der Waals surface area (Å²) in [6.07, 6.45) is 5.88. The Morgan fingerprint density at radius 3 is 3.00 bits per heavy atom. The van der Waals surface area contributed by atoms with Crippen LogP contribution in [-0.2, 0) is 6.42 Å². The van der Waals surface area contributed by atoms with E-state index < -0.39 is 0 Å². The lowest BCUT2D eigenvalue weighted by atomic mass is 10.4. The number of aromatic nitrogens is 4. The third-order valence-corrected chi connectivity index (χ3v) is 2.21. The van der Waals surface area contributed by atoms with Crippen molar-refractivity contribution in [1.29, 1.82) is 0 Å². The van der Waals surface area contributed by atoms with E-state index in [0.29, 0.717) is 31.4 Å². The van der Waals surface area contributed by atoms with Crippen LogP contribution in [0.15, 0.2) is 24.7 Å². The fourth-order valence-corrected chi connectivity index (χ4v) is 1.51. The Bertz CT molecular complexity index is 482. The zero-order chi connectivity index (χ0) is 12.1. The summed E-state index contributed by atoms with van der Waals surface area (Å²) in [5.41, 5.74) is 5.53. The molecule has 0 aliphatic heterocycles. The van der Waals surface area contributed by atoms with Crippen molar-refractivity contribution < 1.29 is 4.74 Å². The van der Waals surface area contributed by atoms with Crippen molar-refractivity contribution in [3.8, 4) is 11.8 Å². The summed E-state index contributed by atoms with van der Waals surface area (Å²) >= 11 is 0. The highest BCUT2D eigenvalue weighted by Gasteiger charge is 2.07. The lowest BCUT2D eigenvalue weighted by molar-refractivity contribution is 0.325. The van der Waals surface area contributed by atoms with Crippen LogP contribution in [0.4, 0.5) is 0 Å². The average molecular weight is 233 g/mol. The molecule has 0 spiro atoms. The van der Waals surface area contributed by atoms with Crippen molar-refractivity contribution in [2.24, 2.45) is 5.73 Å². The summed E-state index contributed by atoms with van der Waals surface area (Å²) in [6.45, 7) is 3.04. The molecule has 0 atom stereocenters. The SMILES string of the molecule is CCOc1ccnc(-n2ccnc2CCN)n1. The summed E-state index contributed by atoms with van der Waals surface area (Å²) in [5, 5.41) is 0. The van der Waals surface area contributed by atoms with Crippen molar-refractivity contribution in [3.63, 3.8) is 0 Å². The second kappa shape index (κ2) is 5.40. The maximum Gasteiger partial charge on any atom is 0.238 e. The number of nitrogens with zero attached hydrogens (tertiary/aromatic N) is 4. The molecule has 0 unspecified atom stereocenters. The van der Waals surface area contributed by atoms with Gasteiger partial charge in [0.2, 0.25) is 11.8 Å². The Hall–Kier alpha value is -1.95. The molecule has 6 nitrogen and oxygen atoms in total. The quantitative estimate of drug-likeness (QED) is 0.816. The first-order chi connectivity index (χ1) is 8.35. The summed E-state index contributed by atoms with van der Waals surface area (Å²) in [5.74, 6) is 1.96. The van der Waals surface area contributed by atoms with Crippen LogP contribution in [-0.4, -0.2) is 32.7 Å². The number of rotatable bonds is 5. The molecule has 0 radical (unpaired) electrons. The molecule has 2 rings (SSSR count). The highest BCUT2D eigenvalue weighted by Crippen LogP contribution is 2.10. The van der Waals surface area contributed by atoms with E-state index in [1.165, 1.54) is 0 Å². The zero-order valence-corrected chi connectivity index (χ0v) is 9.71. The monoisotopic (exact) mass is 233 g/mol. The molecule has 0 aliphatic carbocycles. The molecule has 2 N–H and O–H groups in total. The van der Waals surface area contributed by atoms with E-state index in [4.69, 9.17) is 10.5 Å². The first-order valence-electron chi connectivity index (χ1n) is 5.53. The minimum atomic E-state index is 0.544. The molecule has 0 fully saturated rings. The number of ether oxygens (including phenoxy) is 1. The standard InChI is InChI=1S/C11H15N5O/c1-2-17-10-4-6-14-11(15-10)16-8-7-13-9(16)3-5-12/h4,6-8H,2-3,5,12H2,1H3. The van der Waals surface area contributed by atoms with Crippen molar-refractivity contribution in [2.45, 2.75) is 13.3 Å². The third-order valence-electron chi connectivity index (χ3n) is 2.21. The number of nitrogens with two attached hydrogens (primary N) is 1. The van der Waals surface area contributed by atoms with Gasteiger partial charge in [0.1, 0.15) is 5.82 Å².